The monoisotopic (exact) mass is 349 g/mol. The second kappa shape index (κ2) is 6.71. The number of hydrogen-bond donors (Lipinski definition) is 4. The first kappa shape index (κ1) is 16.6. The number of sulfonamides is 1. The van der Waals surface area contributed by atoms with Gasteiger partial charge in [0.2, 0.25) is 10.0 Å². The number of anilines is 1. The first-order chi connectivity index (χ1) is 11.4. The van der Waals surface area contributed by atoms with Crippen LogP contribution in [0, 0.1) is 0 Å². The summed E-state index contributed by atoms with van der Waals surface area (Å²) in [5.41, 5.74) is 3.75. The molecule has 3 rings (SSSR count). The number of aromatic amines is 1. The zero-order chi connectivity index (χ0) is 17.2. The summed E-state index contributed by atoms with van der Waals surface area (Å²) in [6, 6.07) is 6.98. The Labute approximate surface area is 140 Å². The Balaban J connectivity index is 1.65. The third-order valence-electron chi connectivity index (χ3n) is 3.77. The van der Waals surface area contributed by atoms with Crippen molar-refractivity contribution in [2.24, 2.45) is 0 Å². The smallest absolute Gasteiger partial charge is 0.276 e. The van der Waals surface area contributed by atoms with E-state index in [0.29, 0.717) is 17.9 Å². The van der Waals surface area contributed by atoms with Gasteiger partial charge in [0.05, 0.1) is 6.26 Å². The van der Waals surface area contributed by atoms with Crippen molar-refractivity contribution in [1.82, 2.24) is 20.2 Å². The van der Waals surface area contributed by atoms with Gasteiger partial charge < -0.3 is 10.6 Å². The number of hydrogen-bond acceptors (Lipinski definition) is 5. The van der Waals surface area contributed by atoms with E-state index < -0.39 is 10.0 Å². The molecule has 1 aromatic carbocycles. The summed E-state index contributed by atoms with van der Waals surface area (Å²) in [4.78, 5) is 12.4. The minimum atomic E-state index is -3.23. The van der Waals surface area contributed by atoms with Gasteiger partial charge in [-0.25, -0.2) is 13.1 Å². The largest absolute Gasteiger partial charge is 0.321 e. The van der Waals surface area contributed by atoms with Crippen molar-refractivity contribution in [1.29, 1.82) is 0 Å². The molecule has 128 valence electrons. The van der Waals surface area contributed by atoms with Gasteiger partial charge in [-0.15, -0.1) is 0 Å². The molecule has 0 bridgehead atoms. The molecule has 0 spiro atoms. The molecule has 24 heavy (non-hydrogen) atoms. The standard InChI is InChI=1S/C15H19N5O3S/c1-24(22,23)17-8-10-2-4-11(5-3-10)18-15(21)14-12-9-16-7-6-13(12)19-20-14/h2-5,16-17H,6-9H2,1H3,(H,18,21)(H,19,20). The number of H-pyrrole nitrogens is 1. The van der Waals surface area contributed by atoms with Crippen LogP contribution in [0.3, 0.4) is 0 Å². The summed E-state index contributed by atoms with van der Waals surface area (Å²) in [6.45, 7) is 1.72. The van der Waals surface area contributed by atoms with Gasteiger partial charge >= 0.3 is 0 Å². The Morgan fingerprint density at radius 3 is 2.75 bits per heavy atom. The zero-order valence-electron chi connectivity index (χ0n) is 13.2. The maximum atomic E-state index is 12.4. The van der Waals surface area contributed by atoms with Gasteiger partial charge in [0.25, 0.3) is 5.91 Å². The molecule has 2 heterocycles. The van der Waals surface area contributed by atoms with Crippen molar-refractivity contribution in [2.75, 3.05) is 18.1 Å². The Kier molecular flexibility index (Phi) is 4.65. The first-order valence-electron chi connectivity index (χ1n) is 7.54. The molecular weight excluding hydrogens is 330 g/mol. The highest BCUT2D eigenvalue weighted by Gasteiger charge is 2.21. The molecule has 1 aliphatic rings. The number of nitrogens with zero attached hydrogens (tertiary/aromatic N) is 1. The molecule has 1 aliphatic heterocycles. The highest BCUT2D eigenvalue weighted by Crippen LogP contribution is 2.17. The summed E-state index contributed by atoms with van der Waals surface area (Å²) in [5, 5.41) is 13.1. The summed E-state index contributed by atoms with van der Waals surface area (Å²) >= 11 is 0. The molecule has 1 amide bonds. The quantitative estimate of drug-likeness (QED) is 0.622. The lowest BCUT2D eigenvalue weighted by Crippen LogP contribution is -2.25. The second-order valence-corrected chi connectivity index (χ2v) is 7.53. The van der Waals surface area contributed by atoms with E-state index in [1.807, 2.05) is 0 Å². The average Bonchev–Trinajstić information content (AvgIpc) is 2.97. The summed E-state index contributed by atoms with van der Waals surface area (Å²) in [6.07, 6.45) is 1.94. The fourth-order valence-corrected chi connectivity index (χ4v) is 2.95. The molecule has 0 atom stereocenters. The van der Waals surface area contributed by atoms with Crippen molar-refractivity contribution >= 4 is 21.6 Å². The minimum absolute atomic E-state index is 0.214. The topological polar surface area (TPSA) is 116 Å². The normalized spacial score (nSPS) is 14.2. The lowest BCUT2D eigenvalue weighted by molar-refractivity contribution is 0.102. The van der Waals surface area contributed by atoms with Crippen LogP contribution in [0.5, 0.6) is 0 Å². The lowest BCUT2D eigenvalue weighted by Gasteiger charge is -2.13. The van der Waals surface area contributed by atoms with Crippen LogP contribution >= 0.6 is 0 Å². The molecule has 8 nitrogen and oxygen atoms in total. The number of nitrogens with one attached hydrogen (secondary N) is 4. The number of rotatable bonds is 5. The second-order valence-electron chi connectivity index (χ2n) is 5.70. The van der Waals surface area contributed by atoms with Crippen LogP contribution in [0.25, 0.3) is 0 Å². The van der Waals surface area contributed by atoms with Gasteiger partial charge in [0.1, 0.15) is 0 Å². The maximum absolute atomic E-state index is 12.4. The molecule has 0 radical (unpaired) electrons. The number of carbonyl (C=O) groups excluding carboxylic acids is 1. The third-order valence-corrected chi connectivity index (χ3v) is 4.44. The van der Waals surface area contributed by atoms with Crippen LogP contribution in [0.1, 0.15) is 27.3 Å². The Bertz CT molecular complexity index is 842. The molecule has 2 aromatic rings. The van der Waals surface area contributed by atoms with E-state index in [-0.39, 0.29) is 12.5 Å². The van der Waals surface area contributed by atoms with E-state index in [2.05, 4.69) is 25.6 Å². The van der Waals surface area contributed by atoms with Gasteiger partial charge in [-0.2, -0.15) is 5.10 Å². The summed E-state index contributed by atoms with van der Waals surface area (Å²) in [7, 11) is -3.23. The molecule has 0 saturated heterocycles. The molecular formula is C15H19N5O3S. The Hall–Kier alpha value is -2.23. The average molecular weight is 349 g/mol. The molecule has 0 saturated carbocycles. The van der Waals surface area contributed by atoms with Crippen LogP contribution in [0.15, 0.2) is 24.3 Å². The summed E-state index contributed by atoms with van der Waals surface area (Å²) < 4.78 is 24.6. The van der Waals surface area contributed by atoms with E-state index in [1.165, 1.54) is 0 Å². The van der Waals surface area contributed by atoms with Crippen molar-refractivity contribution < 1.29 is 13.2 Å². The van der Waals surface area contributed by atoms with Crippen molar-refractivity contribution in [2.45, 2.75) is 19.5 Å². The van der Waals surface area contributed by atoms with Gasteiger partial charge in [-0.3, -0.25) is 9.89 Å². The van der Waals surface area contributed by atoms with Crippen LogP contribution in [-0.4, -0.2) is 37.3 Å². The molecule has 0 unspecified atom stereocenters. The number of carbonyl (C=O) groups is 1. The molecule has 9 heteroatoms. The maximum Gasteiger partial charge on any atom is 0.276 e. The van der Waals surface area contributed by atoms with Crippen LogP contribution in [0.4, 0.5) is 5.69 Å². The SMILES string of the molecule is CS(=O)(=O)NCc1ccc(NC(=O)c2n[nH]c3c2CNCC3)cc1. The lowest BCUT2D eigenvalue weighted by atomic mass is 10.1. The van der Waals surface area contributed by atoms with E-state index in [1.54, 1.807) is 24.3 Å². The van der Waals surface area contributed by atoms with Gasteiger partial charge in [-0.1, -0.05) is 12.1 Å². The Morgan fingerprint density at radius 1 is 1.29 bits per heavy atom. The van der Waals surface area contributed by atoms with Gasteiger partial charge in [0, 0.05) is 43.0 Å². The molecule has 4 N–H and O–H groups in total. The predicted octanol–water partition coefficient (Wildman–Crippen LogP) is 0.357. The minimum Gasteiger partial charge on any atom is -0.321 e. The van der Waals surface area contributed by atoms with Crippen LogP contribution < -0.4 is 15.4 Å². The van der Waals surface area contributed by atoms with E-state index in [9.17, 15) is 13.2 Å². The van der Waals surface area contributed by atoms with Crippen LogP contribution in [-0.2, 0) is 29.5 Å². The van der Waals surface area contributed by atoms with Crippen molar-refractivity contribution in [3.05, 3.63) is 46.8 Å². The van der Waals surface area contributed by atoms with E-state index in [4.69, 9.17) is 0 Å². The molecule has 0 fully saturated rings. The van der Waals surface area contributed by atoms with Crippen LogP contribution in [0.2, 0.25) is 0 Å². The fraction of sp³-hybridized carbons (Fsp3) is 0.333. The van der Waals surface area contributed by atoms with E-state index in [0.717, 1.165) is 36.0 Å². The number of benzene rings is 1. The highest BCUT2D eigenvalue weighted by atomic mass is 32.2. The van der Waals surface area contributed by atoms with Crippen molar-refractivity contribution in [3.63, 3.8) is 0 Å². The number of aromatic nitrogens is 2. The van der Waals surface area contributed by atoms with E-state index >= 15 is 0 Å². The summed E-state index contributed by atoms with van der Waals surface area (Å²) in [5.74, 6) is -0.266. The Morgan fingerprint density at radius 2 is 2.04 bits per heavy atom. The molecule has 1 aromatic heterocycles. The zero-order valence-corrected chi connectivity index (χ0v) is 14.0. The first-order valence-corrected chi connectivity index (χ1v) is 9.43. The predicted molar refractivity (Wildman–Crippen MR) is 90.1 cm³/mol. The fourth-order valence-electron chi connectivity index (χ4n) is 2.52. The number of amides is 1. The van der Waals surface area contributed by atoms with Gasteiger partial charge in [-0.05, 0) is 17.7 Å². The third kappa shape index (κ3) is 3.99. The molecule has 0 aliphatic carbocycles. The van der Waals surface area contributed by atoms with Gasteiger partial charge in [0.15, 0.2) is 5.69 Å². The van der Waals surface area contributed by atoms with Crippen molar-refractivity contribution in [3.8, 4) is 0 Å². The number of fused-ring (bicyclic) bond motifs is 1. The highest BCUT2D eigenvalue weighted by molar-refractivity contribution is 7.88.